The van der Waals surface area contributed by atoms with Crippen LogP contribution in [0.25, 0.3) is 0 Å². The van der Waals surface area contributed by atoms with E-state index in [-0.39, 0.29) is 17.3 Å². The maximum Gasteiger partial charge on any atom is 0.418 e. The highest BCUT2D eigenvalue weighted by Crippen LogP contribution is 2.34. The van der Waals surface area contributed by atoms with Gasteiger partial charge in [-0.3, -0.25) is 9.59 Å². The van der Waals surface area contributed by atoms with Crippen molar-refractivity contribution in [2.45, 2.75) is 30.8 Å². The average molecular weight is 396 g/mol. The number of para-hydroxylation sites is 1. The highest BCUT2D eigenvalue weighted by molar-refractivity contribution is 8.00. The fraction of sp³-hybridized carbons (Fsp3) is 0.263. The molecule has 27 heavy (non-hydrogen) atoms. The standard InChI is InChI=1S/C19H19F3N2O2S/c1-2-5-17(25)23-13-8-10-14(11-9-13)27-12-18(26)24-16-7-4-3-6-15(16)19(20,21)22/h3-4,6-11H,2,5,12H2,1H3,(H,23,25)(H,24,26). The summed E-state index contributed by atoms with van der Waals surface area (Å²) in [6, 6.07) is 11.8. The molecule has 144 valence electrons. The Hall–Kier alpha value is -2.48. The lowest BCUT2D eigenvalue weighted by atomic mass is 10.1. The molecule has 8 heteroatoms. The molecule has 0 aliphatic carbocycles. The summed E-state index contributed by atoms with van der Waals surface area (Å²) in [7, 11) is 0. The minimum atomic E-state index is -4.53. The quantitative estimate of drug-likeness (QED) is 0.635. The molecule has 0 heterocycles. The van der Waals surface area contributed by atoms with Crippen molar-refractivity contribution in [2.24, 2.45) is 0 Å². The molecule has 0 atom stereocenters. The van der Waals surface area contributed by atoms with Crippen molar-refractivity contribution in [2.75, 3.05) is 16.4 Å². The van der Waals surface area contributed by atoms with Crippen molar-refractivity contribution < 1.29 is 22.8 Å². The third-order valence-corrected chi connectivity index (χ3v) is 4.50. The second-order valence-electron chi connectivity index (χ2n) is 5.70. The Morgan fingerprint density at radius 2 is 1.63 bits per heavy atom. The first-order chi connectivity index (χ1) is 12.8. The molecular weight excluding hydrogens is 377 g/mol. The maximum atomic E-state index is 12.9. The molecule has 4 nitrogen and oxygen atoms in total. The molecule has 0 fully saturated rings. The highest BCUT2D eigenvalue weighted by Gasteiger charge is 2.33. The predicted octanol–water partition coefficient (Wildman–Crippen LogP) is 5.17. The van der Waals surface area contributed by atoms with Gasteiger partial charge in [0.2, 0.25) is 11.8 Å². The first-order valence-electron chi connectivity index (χ1n) is 8.28. The van der Waals surface area contributed by atoms with E-state index in [1.165, 1.54) is 30.0 Å². The van der Waals surface area contributed by atoms with E-state index in [1.54, 1.807) is 24.3 Å². The van der Waals surface area contributed by atoms with Gasteiger partial charge < -0.3 is 10.6 Å². The number of nitrogens with one attached hydrogen (secondary N) is 2. The second-order valence-corrected chi connectivity index (χ2v) is 6.75. The molecule has 2 amide bonds. The van der Waals surface area contributed by atoms with E-state index in [0.29, 0.717) is 12.1 Å². The third kappa shape index (κ3) is 6.63. The van der Waals surface area contributed by atoms with Crippen LogP contribution in [-0.2, 0) is 15.8 Å². The zero-order valence-electron chi connectivity index (χ0n) is 14.6. The van der Waals surface area contributed by atoms with Crippen LogP contribution in [0.4, 0.5) is 24.5 Å². The van der Waals surface area contributed by atoms with Crippen molar-refractivity contribution in [1.29, 1.82) is 0 Å². The van der Waals surface area contributed by atoms with Gasteiger partial charge in [-0.05, 0) is 42.8 Å². The molecule has 2 rings (SSSR count). The number of hydrogen-bond donors (Lipinski definition) is 2. The van der Waals surface area contributed by atoms with Crippen LogP contribution in [0.2, 0.25) is 0 Å². The van der Waals surface area contributed by atoms with Crippen LogP contribution < -0.4 is 10.6 Å². The summed E-state index contributed by atoms with van der Waals surface area (Å²) in [5.74, 6) is -0.633. The van der Waals surface area contributed by atoms with Gasteiger partial charge in [0, 0.05) is 17.0 Å². The number of hydrogen-bond acceptors (Lipinski definition) is 3. The van der Waals surface area contributed by atoms with Gasteiger partial charge in [0.25, 0.3) is 0 Å². The molecule has 0 spiro atoms. The van der Waals surface area contributed by atoms with E-state index in [0.717, 1.165) is 17.4 Å². The Kier molecular flexibility index (Phi) is 7.29. The highest BCUT2D eigenvalue weighted by atomic mass is 32.2. The van der Waals surface area contributed by atoms with Crippen LogP contribution in [0.15, 0.2) is 53.4 Å². The van der Waals surface area contributed by atoms with Gasteiger partial charge in [-0.1, -0.05) is 19.1 Å². The second kappa shape index (κ2) is 9.45. The van der Waals surface area contributed by atoms with Crippen molar-refractivity contribution >= 4 is 35.0 Å². The Labute approximate surface area is 159 Å². The van der Waals surface area contributed by atoms with E-state index in [4.69, 9.17) is 0 Å². The van der Waals surface area contributed by atoms with Gasteiger partial charge in [-0.2, -0.15) is 13.2 Å². The van der Waals surface area contributed by atoms with Gasteiger partial charge in [-0.25, -0.2) is 0 Å². The van der Waals surface area contributed by atoms with E-state index in [1.807, 2.05) is 6.92 Å². The predicted molar refractivity (Wildman–Crippen MR) is 101 cm³/mol. The number of alkyl halides is 3. The summed E-state index contributed by atoms with van der Waals surface area (Å²) in [4.78, 5) is 24.3. The van der Waals surface area contributed by atoms with E-state index < -0.39 is 17.6 Å². The van der Waals surface area contributed by atoms with E-state index in [2.05, 4.69) is 10.6 Å². The van der Waals surface area contributed by atoms with Gasteiger partial charge in [-0.15, -0.1) is 11.8 Å². The molecule has 0 aliphatic rings. The van der Waals surface area contributed by atoms with E-state index in [9.17, 15) is 22.8 Å². The van der Waals surface area contributed by atoms with Gasteiger partial charge in [0.1, 0.15) is 0 Å². The van der Waals surface area contributed by atoms with Crippen molar-refractivity contribution in [3.8, 4) is 0 Å². The minimum absolute atomic E-state index is 0.0340. The fourth-order valence-corrected chi connectivity index (χ4v) is 2.96. The number of benzene rings is 2. The Bertz CT molecular complexity index is 792. The molecule has 0 radical (unpaired) electrons. The van der Waals surface area contributed by atoms with Crippen LogP contribution in [0, 0.1) is 0 Å². The van der Waals surface area contributed by atoms with E-state index >= 15 is 0 Å². The topological polar surface area (TPSA) is 58.2 Å². The normalized spacial score (nSPS) is 11.1. The SMILES string of the molecule is CCCC(=O)Nc1ccc(SCC(=O)Nc2ccccc2C(F)(F)F)cc1. The lowest BCUT2D eigenvalue weighted by molar-refractivity contribution is -0.137. The number of carbonyl (C=O) groups is 2. The molecule has 2 aromatic carbocycles. The van der Waals surface area contributed by atoms with Crippen LogP contribution in [0.3, 0.4) is 0 Å². The molecule has 0 unspecified atom stereocenters. The smallest absolute Gasteiger partial charge is 0.326 e. The first-order valence-corrected chi connectivity index (χ1v) is 9.27. The van der Waals surface area contributed by atoms with Crippen molar-refractivity contribution in [1.82, 2.24) is 0 Å². The lowest BCUT2D eigenvalue weighted by Gasteiger charge is -2.13. The van der Waals surface area contributed by atoms with Crippen LogP contribution in [-0.4, -0.2) is 17.6 Å². The number of anilines is 2. The van der Waals surface area contributed by atoms with Gasteiger partial charge in [0.05, 0.1) is 17.0 Å². The van der Waals surface area contributed by atoms with Crippen molar-refractivity contribution in [3.63, 3.8) is 0 Å². The molecular formula is C19H19F3N2O2S. The lowest BCUT2D eigenvalue weighted by Crippen LogP contribution is -2.18. The molecule has 0 saturated heterocycles. The Balaban J connectivity index is 1.90. The third-order valence-electron chi connectivity index (χ3n) is 3.49. The summed E-state index contributed by atoms with van der Waals surface area (Å²) in [6.07, 6.45) is -3.34. The van der Waals surface area contributed by atoms with Crippen molar-refractivity contribution in [3.05, 3.63) is 54.1 Å². The molecule has 2 aromatic rings. The summed E-state index contributed by atoms with van der Waals surface area (Å²) in [6.45, 7) is 1.91. The fourth-order valence-electron chi connectivity index (χ4n) is 2.26. The summed E-state index contributed by atoms with van der Waals surface area (Å²) < 4.78 is 38.8. The number of carbonyl (C=O) groups excluding carboxylic acids is 2. The number of amides is 2. The molecule has 0 saturated carbocycles. The number of thioether (sulfide) groups is 1. The summed E-state index contributed by atoms with van der Waals surface area (Å²) in [5, 5.41) is 5.06. The maximum absolute atomic E-state index is 12.9. The number of rotatable bonds is 7. The summed E-state index contributed by atoms with van der Waals surface area (Å²) in [5.41, 5.74) is -0.485. The molecule has 0 aromatic heterocycles. The number of halogens is 3. The average Bonchev–Trinajstić information content (AvgIpc) is 2.61. The van der Waals surface area contributed by atoms with Gasteiger partial charge >= 0.3 is 6.18 Å². The van der Waals surface area contributed by atoms with Crippen LogP contribution >= 0.6 is 11.8 Å². The van der Waals surface area contributed by atoms with Crippen LogP contribution in [0.5, 0.6) is 0 Å². The van der Waals surface area contributed by atoms with Crippen LogP contribution in [0.1, 0.15) is 25.3 Å². The molecule has 2 N–H and O–H groups in total. The zero-order valence-corrected chi connectivity index (χ0v) is 15.4. The Morgan fingerprint density at radius 1 is 0.963 bits per heavy atom. The minimum Gasteiger partial charge on any atom is -0.326 e. The largest absolute Gasteiger partial charge is 0.418 e. The monoisotopic (exact) mass is 396 g/mol. The molecule has 0 aliphatic heterocycles. The first kappa shape index (κ1) is 20.8. The Morgan fingerprint density at radius 3 is 2.26 bits per heavy atom. The molecule has 0 bridgehead atoms. The summed E-state index contributed by atoms with van der Waals surface area (Å²) >= 11 is 1.19. The zero-order chi connectivity index (χ0) is 19.9. The van der Waals surface area contributed by atoms with Gasteiger partial charge in [0.15, 0.2) is 0 Å².